The first-order valence-electron chi connectivity index (χ1n) is 17.2. The zero-order chi connectivity index (χ0) is 36.6. The van der Waals surface area contributed by atoms with Crippen molar-refractivity contribution in [1.29, 1.82) is 10.5 Å². The van der Waals surface area contributed by atoms with Crippen LogP contribution in [0.4, 0.5) is 0 Å². The number of phenolic OH excluding ortho intramolecular Hbond substituents is 1. The van der Waals surface area contributed by atoms with Crippen LogP contribution in [0, 0.1) is 33.5 Å². The van der Waals surface area contributed by atoms with Gasteiger partial charge in [-0.2, -0.15) is 10.5 Å². The van der Waals surface area contributed by atoms with Crippen LogP contribution >= 0.6 is 0 Å². The maximum absolute atomic E-state index is 9.79. The Bertz CT molecular complexity index is 2170. The summed E-state index contributed by atoms with van der Waals surface area (Å²) in [4.78, 5) is 4.69. The molecule has 6 aromatic rings. The molecule has 1 aromatic heterocycles. The first kappa shape index (κ1) is 36.4. The molecule has 0 saturated carbocycles. The van der Waals surface area contributed by atoms with Gasteiger partial charge in [0.1, 0.15) is 18.1 Å². The molecule has 2 unspecified atom stereocenters. The second kappa shape index (κ2) is 15.8. The van der Waals surface area contributed by atoms with Crippen molar-refractivity contribution in [1.82, 2.24) is 4.98 Å². The molecule has 1 N–H and O–H groups in total. The number of hydrogen-bond acceptors (Lipinski definition) is 5. The Balaban J connectivity index is 0.000000218. The monoisotopic (exact) mass is 671 g/mol. The van der Waals surface area contributed by atoms with Gasteiger partial charge in [0.15, 0.2) is 0 Å². The standard InChI is InChI=1S/C28H26N2O.C18H19NO/c1-28(2,3)27(21-10-5-4-6-11-21)25-17-24(16-14-22(25)18-29)31-19-23-15-13-20-9-7-8-12-26(20)30-23;1-18(2,3)17(13-7-5-4-6-8-13)16-11-15(20)10-9-14(16)12-19/h4-17,27H,19H2,1-3H3;4-11,17,20H,1-3H3. The summed E-state index contributed by atoms with van der Waals surface area (Å²) in [6.45, 7) is 13.4. The third kappa shape index (κ3) is 9.01. The van der Waals surface area contributed by atoms with Crippen molar-refractivity contribution >= 4 is 10.9 Å². The molecule has 51 heavy (non-hydrogen) atoms. The average Bonchev–Trinajstić information content (AvgIpc) is 3.11. The number of rotatable bonds is 7. The molecular weight excluding hydrogens is 627 g/mol. The molecule has 0 bridgehead atoms. The van der Waals surface area contributed by atoms with E-state index < -0.39 is 0 Å². The Morgan fingerprint density at radius 2 is 1.12 bits per heavy atom. The lowest BCUT2D eigenvalue weighted by molar-refractivity contribution is 0.300. The van der Waals surface area contributed by atoms with E-state index in [-0.39, 0.29) is 28.4 Å². The van der Waals surface area contributed by atoms with Crippen LogP contribution < -0.4 is 4.74 Å². The van der Waals surface area contributed by atoms with Gasteiger partial charge < -0.3 is 9.84 Å². The smallest absolute Gasteiger partial charge is 0.130 e. The van der Waals surface area contributed by atoms with Crippen molar-refractivity contribution in [2.24, 2.45) is 10.8 Å². The molecule has 2 atom stereocenters. The van der Waals surface area contributed by atoms with Crippen LogP contribution in [-0.4, -0.2) is 10.1 Å². The van der Waals surface area contributed by atoms with Crippen LogP contribution in [0.5, 0.6) is 11.5 Å². The van der Waals surface area contributed by atoms with Gasteiger partial charge in [0.2, 0.25) is 0 Å². The fraction of sp³-hybridized carbons (Fsp3) is 0.239. The molecule has 0 aliphatic carbocycles. The molecule has 0 saturated heterocycles. The van der Waals surface area contributed by atoms with E-state index in [1.807, 2.05) is 78.9 Å². The Morgan fingerprint density at radius 3 is 1.67 bits per heavy atom. The number of aromatic nitrogens is 1. The van der Waals surface area contributed by atoms with E-state index in [9.17, 15) is 15.6 Å². The first-order chi connectivity index (χ1) is 24.4. The molecule has 1 heterocycles. The third-order valence-corrected chi connectivity index (χ3v) is 8.96. The molecule has 0 fully saturated rings. The van der Waals surface area contributed by atoms with Crippen molar-refractivity contribution in [2.45, 2.75) is 60.0 Å². The average molecular weight is 672 g/mol. The summed E-state index contributed by atoms with van der Waals surface area (Å²) in [5.74, 6) is 1.08. The van der Waals surface area contributed by atoms with Crippen LogP contribution in [0.2, 0.25) is 0 Å². The number of pyridine rings is 1. The number of nitriles is 2. The molecule has 256 valence electrons. The number of para-hydroxylation sites is 1. The van der Waals surface area contributed by atoms with Crippen molar-refractivity contribution < 1.29 is 9.84 Å². The Hall–Kier alpha value is -5.91. The molecule has 0 radical (unpaired) electrons. The maximum Gasteiger partial charge on any atom is 0.130 e. The summed E-state index contributed by atoms with van der Waals surface area (Å²) in [6.07, 6.45) is 0. The van der Waals surface area contributed by atoms with Crippen LogP contribution in [0.25, 0.3) is 10.9 Å². The van der Waals surface area contributed by atoms with Crippen LogP contribution in [-0.2, 0) is 6.61 Å². The highest BCUT2D eigenvalue weighted by atomic mass is 16.5. The molecule has 5 heteroatoms. The maximum atomic E-state index is 9.79. The minimum Gasteiger partial charge on any atom is -0.508 e. The summed E-state index contributed by atoms with van der Waals surface area (Å²) in [6, 6.07) is 47.9. The van der Waals surface area contributed by atoms with Gasteiger partial charge in [-0.1, -0.05) is 126 Å². The van der Waals surface area contributed by atoms with Gasteiger partial charge in [0.25, 0.3) is 0 Å². The predicted molar refractivity (Wildman–Crippen MR) is 206 cm³/mol. The summed E-state index contributed by atoms with van der Waals surface area (Å²) in [5.41, 5.74) is 7.23. The third-order valence-electron chi connectivity index (χ3n) is 8.96. The van der Waals surface area contributed by atoms with E-state index in [2.05, 4.69) is 90.1 Å². The van der Waals surface area contributed by atoms with Crippen LogP contribution in [0.3, 0.4) is 0 Å². The highest BCUT2D eigenvalue weighted by Gasteiger charge is 2.31. The molecule has 0 aliphatic heterocycles. The number of hydrogen-bond donors (Lipinski definition) is 1. The number of nitrogens with zero attached hydrogens (tertiary/aromatic N) is 3. The van der Waals surface area contributed by atoms with Gasteiger partial charge in [-0.15, -0.1) is 0 Å². The van der Waals surface area contributed by atoms with Gasteiger partial charge in [-0.3, -0.25) is 0 Å². The number of ether oxygens (including phenoxy) is 1. The van der Waals surface area contributed by atoms with E-state index in [1.165, 1.54) is 5.56 Å². The lowest BCUT2D eigenvalue weighted by Crippen LogP contribution is -2.20. The van der Waals surface area contributed by atoms with Crippen molar-refractivity contribution in [3.63, 3.8) is 0 Å². The quantitative estimate of drug-likeness (QED) is 0.182. The molecule has 0 aliphatic rings. The van der Waals surface area contributed by atoms with Crippen LogP contribution in [0.1, 0.15) is 92.5 Å². The number of aromatic hydroxyl groups is 1. The Morgan fingerprint density at radius 1 is 0.608 bits per heavy atom. The summed E-state index contributed by atoms with van der Waals surface area (Å²) in [7, 11) is 0. The van der Waals surface area contributed by atoms with Gasteiger partial charge >= 0.3 is 0 Å². The minimum atomic E-state index is -0.0640. The van der Waals surface area contributed by atoms with Gasteiger partial charge in [0, 0.05) is 17.2 Å². The fourth-order valence-electron chi connectivity index (χ4n) is 6.79. The Kier molecular flexibility index (Phi) is 11.2. The normalized spacial score (nSPS) is 12.5. The minimum absolute atomic E-state index is 0.0548. The van der Waals surface area contributed by atoms with Crippen molar-refractivity contribution in [2.75, 3.05) is 0 Å². The molecule has 0 amide bonds. The highest BCUT2D eigenvalue weighted by Crippen LogP contribution is 2.44. The molecule has 5 nitrogen and oxygen atoms in total. The SMILES string of the molecule is CC(C)(C)C(c1ccccc1)c1cc(O)ccc1C#N.CC(C)(C)C(c1ccccc1)c1cc(OCc2ccc3ccccc3n2)ccc1C#N. The zero-order valence-electron chi connectivity index (χ0n) is 30.3. The highest BCUT2D eigenvalue weighted by molar-refractivity contribution is 5.78. The van der Waals surface area contributed by atoms with E-state index in [1.54, 1.807) is 18.2 Å². The first-order valence-corrected chi connectivity index (χ1v) is 17.2. The van der Waals surface area contributed by atoms with Gasteiger partial charge in [-0.25, -0.2) is 4.98 Å². The van der Waals surface area contributed by atoms with E-state index in [4.69, 9.17) is 9.72 Å². The summed E-state index contributed by atoms with van der Waals surface area (Å²) in [5, 5.41) is 30.0. The largest absolute Gasteiger partial charge is 0.508 e. The number of fused-ring (bicyclic) bond motifs is 1. The van der Waals surface area contributed by atoms with E-state index in [0.29, 0.717) is 17.7 Å². The topological polar surface area (TPSA) is 89.9 Å². The molecular formula is C46H45N3O2. The fourth-order valence-corrected chi connectivity index (χ4v) is 6.79. The number of benzene rings is 5. The van der Waals surface area contributed by atoms with E-state index in [0.717, 1.165) is 39.0 Å². The second-order valence-corrected chi connectivity index (χ2v) is 14.9. The molecule has 5 aromatic carbocycles. The lowest BCUT2D eigenvalue weighted by atomic mass is 9.71. The van der Waals surface area contributed by atoms with Crippen molar-refractivity contribution in [3.8, 4) is 23.6 Å². The summed E-state index contributed by atoms with van der Waals surface area (Å²) >= 11 is 0. The van der Waals surface area contributed by atoms with Crippen LogP contribution in [0.15, 0.2) is 133 Å². The predicted octanol–water partition coefficient (Wildman–Crippen LogP) is 11.3. The number of phenols is 1. The summed E-state index contributed by atoms with van der Waals surface area (Å²) < 4.78 is 6.11. The zero-order valence-corrected chi connectivity index (χ0v) is 30.3. The molecule has 0 spiro atoms. The Labute approximate surface area is 302 Å². The second-order valence-electron chi connectivity index (χ2n) is 14.9. The van der Waals surface area contributed by atoms with Gasteiger partial charge in [0.05, 0.1) is 34.5 Å². The van der Waals surface area contributed by atoms with Crippen molar-refractivity contribution in [3.05, 3.63) is 173 Å². The van der Waals surface area contributed by atoms with Gasteiger partial charge in [-0.05, 0) is 81.6 Å². The van der Waals surface area contributed by atoms with E-state index >= 15 is 0 Å². The lowest BCUT2D eigenvalue weighted by Gasteiger charge is -2.32. The molecule has 6 rings (SSSR count).